The van der Waals surface area contributed by atoms with Crippen LogP contribution in [0.15, 0.2) is 83.3 Å². The van der Waals surface area contributed by atoms with E-state index in [1.165, 1.54) is 18.2 Å². The molecule has 0 aliphatic carbocycles. The minimum absolute atomic E-state index is 0.250. The molecule has 36 heavy (non-hydrogen) atoms. The van der Waals surface area contributed by atoms with Crippen LogP contribution < -0.4 is 4.74 Å². The van der Waals surface area contributed by atoms with Crippen molar-refractivity contribution in [2.24, 2.45) is 0 Å². The van der Waals surface area contributed by atoms with Gasteiger partial charge < -0.3 is 9.15 Å². The van der Waals surface area contributed by atoms with Gasteiger partial charge in [0.15, 0.2) is 0 Å². The molecule has 1 aromatic heterocycles. The number of alkyl halides is 3. The van der Waals surface area contributed by atoms with Crippen molar-refractivity contribution in [3.05, 3.63) is 101 Å². The van der Waals surface area contributed by atoms with Crippen LogP contribution in [-0.4, -0.2) is 24.4 Å². The molecule has 0 N–H and O–H groups in total. The lowest BCUT2D eigenvalue weighted by atomic mass is 9.72. The summed E-state index contributed by atoms with van der Waals surface area (Å²) >= 11 is 0. The molecule has 0 fully saturated rings. The number of nitrogens with zero attached hydrogens (tertiary/aromatic N) is 2. The molecule has 0 spiro atoms. The maximum Gasteiger partial charge on any atom is 0.573 e. The molecule has 7 heteroatoms. The van der Waals surface area contributed by atoms with Crippen LogP contribution in [-0.2, 0) is 18.4 Å². The first-order valence-electron chi connectivity index (χ1n) is 11.9. The average molecular weight is 491 g/mol. The number of nitriles is 1. The van der Waals surface area contributed by atoms with E-state index in [1.54, 1.807) is 0 Å². The summed E-state index contributed by atoms with van der Waals surface area (Å²) in [6, 6.07) is 26.5. The topological polar surface area (TPSA) is 49.4 Å². The second-order valence-electron chi connectivity index (χ2n) is 9.09. The molecule has 5 rings (SSSR count). The molecule has 4 aromatic rings. The van der Waals surface area contributed by atoms with E-state index in [0.717, 1.165) is 42.0 Å². The number of hydrogen-bond acceptors (Lipinski definition) is 4. The van der Waals surface area contributed by atoms with Crippen molar-refractivity contribution in [2.45, 2.75) is 37.6 Å². The van der Waals surface area contributed by atoms with Gasteiger partial charge in [0.1, 0.15) is 22.5 Å². The van der Waals surface area contributed by atoms with Crippen molar-refractivity contribution in [1.29, 1.82) is 5.26 Å². The van der Waals surface area contributed by atoms with Gasteiger partial charge in [-0.15, -0.1) is 13.2 Å². The maximum atomic E-state index is 12.7. The minimum Gasteiger partial charge on any atom is -0.461 e. The Morgan fingerprint density at radius 1 is 0.944 bits per heavy atom. The van der Waals surface area contributed by atoms with Crippen molar-refractivity contribution in [3.63, 3.8) is 0 Å². The molecule has 1 aliphatic heterocycles. The van der Waals surface area contributed by atoms with E-state index < -0.39 is 11.8 Å². The fourth-order valence-electron chi connectivity index (χ4n) is 5.16. The molecular weight excluding hydrogens is 465 g/mol. The second-order valence-corrected chi connectivity index (χ2v) is 9.09. The summed E-state index contributed by atoms with van der Waals surface area (Å²) in [6.07, 6.45) is -2.63. The van der Waals surface area contributed by atoms with Gasteiger partial charge in [-0.25, -0.2) is 0 Å². The van der Waals surface area contributed by atoms with E-state index >= 15 is 0 Å². The minimum atomic E-state index is -4.74. The molecule has 0 radical (unpaired) electrons. The fraction of sp³-hybridized carbons (Fsp3) is 0.276. The SMILES string of the molecule is N#CC(CCCN1CCc2oc3ccc(OC(F)(F)F)cc3c2C1)(c1ccccc1)c1ccccc1. The Balaban J connectivity index is 1.33. The summed E-state index contributed by atoms with van der Waals surface area (Å²) in [4.78, 5) is 2.27. The van der Waals surface area contributed by atoms with Crippen LogP contribution in [0.1, 0.15) is 35.3 Å². The van der Waals surface area contributed by atoms with Crippen molar-refractivity contribution < 1.29 is 22.3 Å². The lowest BCUT2D eigenvalue weighted by Gasteiger charge is -2.31. The number of furan rings is 1. The van der Waals surface area contributed by atoms with Crippen LogP contribution in [0.25, 0.3) is 11.0 Å². The van der Waals surface area contributed by atoms with E-state index in [0.29, 0.717) is 30.4 Å². The zero-order chi connectivity index (χ0) is 25.2. The van der Waals surface area contributed by atoms with E-state index in [-0.39, 0.29) is 5.75 Å². The monoisotopic (exact) mass is 490 g/mol. The van der Waals surface area contributed by atoms with Gasteiger partial charge in [0.2, 0.25) is 0 Å². The molecule has 3 aromatic carbocycles. The number of fused-ring (bicyclic) bond motifs is 3. The van der Waals surface area contributed by atoms with Gasteiger partial charge in [0.05, 0.1) is 6.07 Å². The van der Waals surface area contributed by atoms with Gasteiger partial charge in [-0.2, -0.15) is 5.26 Å². The Labute approximate surface area is 207 Å². The van der Waals surface area contributed by atoms with Gasteiger partial charge in [-0.3, -0.25) is 4.90 Å². The smallest absolute Gasteiger partial charge is 0.461 e. The summed E-state index contributed by atoms with van der Waals surface area (Å²) in [6.45, 7) is 2.12. The predicted molar refractivity (Wildman–Crippen MR) is 130 cm³/mol. The molecule has 0 bridgehead atoms. The standard InChI is InChI=1S/C29H25F3N2O2/c30-29(31,32)36-23-12-13-26-24(18-23)25-19-34(17-14-27(25)35-26)16-7-15-28(20-33,21-8-3-1-4-9-21)22-10-5-2-6-11-22/h1-6,8-13,18H,7,14-17,19H2. The van der Waals surface area contributed by atoms with Gasteiger partial charge >= 0.3 is 6.36 Å². The lowest BCUT2D eigenvalue weighted by molar-refractivity contribution is -0.274. The first-order valence-corrected chi connectivity index (χ1v) is 11.9. The van der Waals surface area contributed by atoms with E-state index in [9.17, 15) is 18.4 Å². The molecule has 2 heterocycles. The van der Waals surface area contributed by atoms with Gasteiger partial charge in [-0.05, 0) is 48.7 Å². The molecule has 4 nitrogen and oxygen atoms in total. The Kier molecular flexibility index (Phi) is 6.46. The average Bonchev–Trinajstić information content (AvgIpc) is 3.24. The molecule has 0 unspecified atom stereocenters. The Hall–Kier alpha value is -3.76. The van der Waals surface area contributed by atoms with Crippen molar-refractivity contribution in [3.8, 4) is 11.8 Å². The summed E-state index contributed by atoms with van der Waals surface area (Å²) in [5, 5.41) is 11.0. The molecular formula is C29H25F3N2O2. The third-order valence-electron chi connectivity index (χ3n) is 6.87. The molecule has 0 atom stereocenters. The normalized spacial score (nSPS) is 14.4. The van der Waals surface area contributed by atoms with E-state index in [2.05, 4.69) is 15.7 Å². The second kappa shape index (κ2) is 9.71. The van der Waals surface area contributed by atoms with Crippen LogP contribution in [0.3, 0.4) is 0 Å². The molecule has 0 amide bonds. The zero-order valence-electron chi connectivity index (χ0n) is 19.6. The third-order valence-corrected chi connectivity index (χ3v) is 6.87. The van der Waals surface area contributed by atoms with Crippen molar-refractivity contribution in [1.82, 2.24) is 4.90 Å². The highest BCUT2D eigenvalue weighted by atomic mass is 19.4. The number of halogens is 3. The van der Waals surface area contributed by atoms with Gasteiger partial charge in [0.25, 0.3) is 0 Å². The van der Waals surface area contributed by atoms with Crippen molar-refractivity contribution in [2.75, 3.05) is 13.1 Å². The molecule has 0 saturated carbocycles. The number of hydrogen-bond donors (Lipinski definition) is 0. The number of benzene rings is 3. The lowest BCUT2D eigenvalue weighted by Crippen LogP contribution is -2.33. The number of ether oxygens (including phenoxy) is 1. The van der Waals surface area contributed by atoms with E-state index in [1.807, 2.05) is 60.7 Å². The van der Waals surface area contributed by atoms with Crippen LogP contribution >= 0.6 is 0 Å². The van der Waals surface area contributed by atoms with Crippen LogP contribution in [0.2, 0.25) is 0 Å². The molecule has 1 aliphatic rings. The highest BCUT2D eigenvalue weighted by molar-refractivity contribution is 5.84. The van der Waals surface area contributed by atoms with Gasteiger partial charge in [-0.1, -0.05) is 60.7 Å². The highest BCUT2D eigenvalue weighted by Gasteiger charge is 2.35. The third kappa shape index (κ3) is 4.82. The fourth-order valence-corrected chi connectivity index (χ4v) is 5.16. The highest BCUT2D eigenvalue weighted by Crippen LogP contribution is 2.38. The molecule has 0 saturated heterocycles. The first-order chi connectivity index (χ1) is 17.4. The summed E-state index contributed by atoms with van der Waals surface area (Å²) < 4.78 is 48.1. The Morgan fingerprint density at radius 3 is 2.22 bits per heavy atom. The Bertz CT molecular complexity index is 1340. The van der Waals surface area contributed by atoms with E-state index in [4.69, 9.17) is 4.42 Å². The summed E-state index contributed by atoms with van der Waals surface area (Å²) in [5.41, 5.74) is 2.65. The van der Waals surface area contributed by atoms with Crippen molar-refractivity contribution >= 4 is 11.0 Å². The predicted octanol–water partition coefficient (Wildman–Crippen LogP) is 6.98. The summed E-state index contributed by atoms with van der Waals surface area (Å²) in [7, 11) is 0. The quantitative estimate of drug-likeness (QED) is 0.280. The largest absolute Gasteiger partial charge is 0.573 e. The zero-order valence-corrected chi connectivity index (χ0v) is 19.6. The van der Waals surface area contributed by atoms with Crippen LogP contribution in [0.5, 0.6) is 5.75 Å². The number of rotatable bonds is 7. The first kappa shape index (κ1) is 24.0. The van der Waals surface area contributed by atoms with Gasteiger partial charge in [0, 0.05) is 30.5 Å². The Morgan fingerprint density at radius 2 is 1.61 bits per heavy atom. The van der Waals surface area contributed by atoms with Crippen LogP contribution in [0, 0.1) is 11.3 Å². The van der Waals surface area contributed by atoms with Crippen LogP contribution in [0.4, 0.5) is 13.2 Å². The summed E-state index contributed by atoms with van der Waals surface area (Å²) in [5.74, 6) is 0.561. The maximum absolute atomic E-state index is 12.7. The molecule has 184 valence electrons.